The summed E-state index contributed by atoms with van der Waals surface area (Å²) < 4.78 is 26.2. The number of rotatable bonds is 3. The van der Waals surface area contributed by atoms with Crippen LogP contribution in [0.1, 0.15) is 0 Å². The van der Waals surface area contributed by atoms with Gasteiger partial charge in [0.2, 0.25) is 0 Å². The van der Waals surface area contributed by atoms with Crippen molar-refractivity contribution in [2.75, 3.05) is 6.73 Å². The lowest BCUT2D eigenvalue weighted by Crippen LogP contribution is -2.15. The van der Waals surface area contributed by atoms with Gasteiger partial charge in [-0.05, 0) is 0 Å². The highest BCUT2D eigenvalue weighted by Crippen LogP contribution is 2.01. The van der Waals surface area contributed by atoms with Gasteiger partial charge in [-0.2, -0.15) is 8.42 Å². The molecule has 2 N–H and O–H groups in total. The summed E-state index contributed by atoms with van der Waals surface area (Å²) in [4.78, 5) is 10.2. The van der Waals surface area contributed by atoms with E-state index in [9.17, 15) is 8.42 Å². The Kier molecular flexibility index (Phi) is 2.63. The number of nitrogens with zero attached hydrogens (tertiary/aromatic N) is 3. The lowest BCUT2D eigenvalue weighted by molar-refractivity contribution is 0.325. The molecular weight excluding hydrogens is 184 g/mol. The standard InChI is InChI=1S/C4H6N4O3S/c5-1-11-12(9,10)4-7-2-6-3-8-4/h2-3H,1,5H2. The van der Waals surface area contributed by atoms with Crippen LogP contribution in [-0.4, -0.2) is 30.1 Å². The minimum Gasteiger partial charge on any atom is -0.307 e. The summed E-state index contributed by atoms with van der Waals surface area (Å²) in [6, 6.07) is 0. The van der Waals surface area contributed by atoms with Gasteiger partial charge in [-0.1, -0.05) is 0 Å². The highest BCUT2D eigenvalue weighted by atomic mass is 32.2. The van der Waals surface area contributed by atoms with Crippen LogP contribution in [0.15, 0.2) is 17.8 Å². The van der Waals surface area contributed by atoms with Crippen LogP contribution in [0.25, 0.3) is 0 Å². The average Bonchev–Trinajstić information content (AvgIpc) is 2.06. The van der Waals surface area contributed by atoms with Crippen molar-refractivity contribution in [3.8, 4) is 0 Å². The van der Waals surface area contributed by atoms with Crippen molar-refractivity contribution in [3.05, 3.63) is 12.7 Å². The maximum atomic E-state index is 11.0. The van der Waals surface area contributed by atoms with E-state index in [0.29, 0.717) is 0 Å². The number of nitrogens with two attached hydrogens (primary N) is 1. The molecule has 12 heavy (non-hydrogen) atoms. The molecule has 0 aliphatic rings. The molecule has 0 unspecified atom stereocenters. The minimum atomic E-state index is -3.90. The van der Waals surface area contributed by atoms with Crippen LogP contribution in [0.5, 0.6) is 0 Å². The second kappa shape index (κ2) is 3.52. The number of aromatic nitrogens is 3. The quantitative estimate of drug-likeness (QED) is 0.456. The van der Waals surface area contributed by atoms with Crippen molar-refractivity contribution in [1.29, 1.82) is 0 Å². The van der Waals surface area contributed by atoms with E-state index in [0.717, 1.165) is 12.7 Å². The third kappa shape index (κ3) is 1.94. The highest BCUT2D eigenvalue weighted by molar-refractivity contribution is 7.86. The first kappa shape index (κ1) is 8.97. The van der Waals surface area contributed by atoms with Crippen LogP contribution in [-0.2, 0) is 14.3 Å². The second-order valence-electron chi connectivity index (χ2n) is 1.66. The summed E-state index contributed by atoms with van der Waals surface area (Å²) in [5.41, 5.74) is 4.88. The van der Waals surface area contributed by atoms with Gasteiger partial charge >= 0.3 is 10.1 Å². The number of hydrogen-bond acceptors (Lipinski definition) is 7. The summed E-state index contributed by atoms with van der Waals surface area (Å²) in [6.45, 7) is -0.436. The van der Waals surface area contributed by atoms with E-state index >= 15 is 0 Å². The molecule has 0 amide bonds. The average molecular weight is 190 g/mol. The maximum Gasteiger partial charge on any atom is 0.334 e. The van der Waals surface area contributed by atoms with Gasteiger partial charge in [0.05, 0.1) is 0 Å². The molecule has 0 fully saturated rings. The first-order chi connectivity index (χ1) is 5.67. The van der Waals surface area contributed by atoms with Gasteiger partial charge < -0.3 is 5.73 Å². The lowest BCUT2D eigenvalue weighted by atomic mass is 11.1. The van der Waals surface area contributed by atoms with Crippen LogP contribution in [0, 0.1) is 0 Å². The minimum absolute atomic E-state index is 0.436. The summed E-state index contributed by atoms with van der Waals surface area (Å²) in [5.74, 6) is 0. The molecule has 0 radical (unpaired) electrons. The monoisotopic (exact) mass is 190 g/mol. The molecule has 0 atom stereocenters. The van der Waals surface area contributed by atoms with E-state index in [4.69, 9.17) is 5.73 Å². The zero-order chi connectivity index (χ0) is 9.03. The zero-order valence-corrected chi connectivity index (χ0v) is 6.73. The van der Waals surface area contributed by atoms with Gasteiger partial charge in [-0.3, -0.25) is 0 Å². The largest absolute Gasteiger partial charge is 0.334 e. The second-order valence-corrected chi connectivity index (χ2v) is 3.17. The molecule has 0 aliphatic heterocycles. The fraction of sp³-hybridized carbons (Fsp3) is 0.250. The van der Waals surface area contributed by atoms with Gasteiger partial charge in [0.15, 0.2) is 0 Å². The topological polar surface area (TPSA) is 108 Å². The smallest absolute Gasteiger partial charge is 0.307 e. The van der Waals surface area contributed by atoms with E-state index in [2.05, 4.69) is 19.1 Å². The Hall–Kier alpha value is -1.12. The van der Waals surface area contributed by atoms with E-state index in [1.807, 2.05) is 0 Å². The van der Waals surface area contributed by atoms with Gasteiger partial charge in [-0.15, -0.1) is 0 Å². The summed E-state index contributed by atoms with van der Waals surface area (Å²) in [6.07, 6.45) is 2.11. The normalized spacial score (nSPS) is 11.4. The van der Waals surface area contributed by atoms with Crippen molar-refractivity contribution in [1.82, 2.24) is 15.0 Å². The number of hydrogen-bond donors (Lipinski definition) is 1. The van der Waals surface area contributed by atoms with E-state index in [-0.39, 0.29) is 0 Å². The molecular formula is C4H6N4O3S. The molecule has 8 heteroatoms. The summed E-state index contributed by atoms with van der Waals surface area (Å²) >= 11 is 0. The van der Waals surface area contributed by atoms with E-state index < -0.39 is 22.0 Å². The fourth-order valence-electron chi connectivity index (χ4n) is 0.500. The van der Waals surface area contributed by atoms with Crippen LogP contribution < -0.4 is 5.73 Å². The van der Waals surface area contributed by atoms with Crippen molar-refractivity contribution < 1.29 is 12.6 Å². The molecule has 0 saturated carbocycles. The predicted octanol–water partition coefficient (Wildman–Crippen LogP) is -1.51. The highest BCUT2D eigenvalue weighted by Gasteiger charge is 2.16. The van der Waals surface area contributed by atoms with Crippen molar-refractivity contribution >= 4 is 10.1 Å². The summed E-state index contributed by atoms with van der Waals surface area (Å²) in [7, 11) is -3.90. The van der Waals surface area contributed by atoms with Crippen molar-refractivity contribution in [2.24, 2.45) is 5.73 Å². The van der Waals surface area contributed by atoms with Crippen LogP contribution >= 0.6 is 0 Å². The Morgan fingerprint density at radius 2 is 2.00 bits per heavy atom. The van der Waals surface area contributed by atoms with E-state index in [1.54, 1.807) is 0 Å². The summed E-state index contributed by atoms with van der Waals surface area (Å²) in [5, 5.41) is -0.442. The molecule has 1 heterocycles. The third-order valence-electron chi connectivity index (χ3n) is 0.916. The molecule has 1 aromatic heterocycles. The van der Waals surface area contributed by atoms with Crippen LogP contribution in [0.3, 0.4) is 0 Å². The van der Waals surface area contributed by atoms with Gasteiger partial charge in [-0.25, -0.2) is 19.1 Å². The molecule has 0 spiro atoms. The van der Waals surface area contributed by atoms with Crippen molar-refractivity contribution in [2.45, 2.75) is 5.16 Å². The lowest BCUT2D eigenvalue weighted by Gasteiger charge is -1.98. The maximum absolute atomic E-state index is 11.0. The molecule has 1 aromatic rings. The molecule has 66 valence electrons. The van der Waals surface area contributed by atoms with E-state index in [1.165, 1.54) is 0 Å². The van der Waals surface area contributed by atoms with Crippen LogP contribution in [0.4, 0.5) is 0 Å². The molecule has 7 nitrogen and oxygen atoms in total. The Morgan fingerprint density at radius 1 is 1.42 bits per heavy atom. The molecule has 0 bridgehead atoms. The van der Waals surface area contributed by atoms with Crippen LogP contribution in [0.2, 0.25) is 0 Å². The Morgan fingerprint density at radius 3 is 2.50 bits per heavy atom. The van der Waals surface area contributed by atoms with Crippen molar-refractivity contribution in [3.63, 3.8) is 0 Å². The Balaban J connectivity index is 2.99. The first-order valence-corrected chi connectivity index (χ1v) is 4.29. The van der Waals surface area contributed by atoms with Gasteiger partial charge in [0.1, 0.15) is 19.4 Å². The molecule has 0 saturated heterocycles. The molecule has 0 aliphatic carbocycles. The predicted molar refractivity (Wildman–Crippen MR) is 37.2 cm³/mol. The Bertz CT molecular complexity index is 337. The fourth-order valence-corrected chi connectivity index (χ4v) is 1.14. The van der Waals surface area contributed by atoms with Gasteiger partial charge in [0.25, 0.3) is 5.16 Å². The van der Waals surface area contributed by atoms with Gasteiger partial charge in [0, 0.05) is 0 Å². The first-order valence-electron chi connectivity index (χ1n) is 2.88. The molecule has 1 rings (SSSR count). The SMILES string of the molecule is NCOS(=O)(=O)c1ncncn1. The zero-order valence-electron chi connectivity index (χ0n) is 5.91. The molecule has 0 aromatic carbocycles. The third-order valence-corrected chi connectivity index (χ3v) is 2.02. The Labute approximate surface area is 68.7 Å².